The summed E-state index contributed by atoms with van der Waals surface area (Å²) in [6, 6.07) is 5.54. The molecule has 116 valence electrons. The van der Waals surface area contributed by atoms with Gasteiger partial charge in [-0.05, 0) is 25.5 Å². The molecule has 1 aromatic carbocycles. The molecule has 0 radical (unpaired) electrons. The SMILES string of the molecule is COCCCN1Cc2ccc(C(=O)NO)cc2OCC1C. The van der Waals surface area contributed by atoms with Crippen molar-refractivity contribution in [3.8, 4) is 5.75 Å². The third kappa shape index (κ3) is 3.93. The van der Waals surface area contributed by atoms with Crippen molar-refractivity contribution in [2.45, 2.75) is 25.9 Å². The van der Waals surface area contributed by atoms with Crippen LogP contribution in [0.5, 0.6) is 5.75 Å². The summed E-state index contributed by atoms with van der Waals surface area (Å²) in [6.07, 6.45) is 0.973. The second-order valence-electron chi connectivity index (χ2n) is 5.24. The van der Waals surface area contributed by atoms with Gasteiger partial charge in [-0.2, -0.15) is 0 Å². The number of nitrogens with zero attached hydrogens (tertiary/aromatic N) is 1. The van der Waals surface area contributed by atoms with Gasteiger partial charge in [-0.1, -0.05) is 6.07 Å². The van der Waals surface area contributed by atoms with Crippen molar-refractivity contribution in [1.82, 2.24) is 10.4 Å². The predicted molar refractivity (Wildman–Crippen MR) is 77.6 cm³/mol. The Balaban J connectivity index is 2.12. The van der Waals surface area contributed by atoms with Crippen molar-refractivity contribution in [2.24, 2.45) is 0 Å². The van der Waals surface area contributed by atoms with Gasteiger partial charge >= 0.3 is 0 Å². The number of amides is 1. The summed E-state index contributed by atoms with van der Waals surface area (Å²) in [4.78, 5) is 13.8. The monoisotopic (exact) mass is 294 g/mol. The highest BCUT2D eigenvalue weighted by Crippen LogP contribution is 2.26. The minimum atomic E-state index is -0.532. The molecule has 0 bridgehead atoms. The molecular formula is C15H22N2O4. The first-order chi connectivity index (χ1) is 10.2. The van der Waals surface area contributed by atoms with Crippen LogP contribution in [0.15, 0.2) is 18.2 Å². The van der Waals surface area contributed by atoms with Gasteiger partial charge in [0.2, 0.25) is 0 Å². The largest absolute Gasteiger partial charge is 0.492 e. The average Bonchev–Trinajstić information content (AvgIpc) is 2.66. The van der Waals surface area contributed by atoms with E-state index in [1.807, 2.05) is 6.07 Å². The first kappa shape index (κ1) is 15.8. The summed E-state index contributed by atoms with van der Waals surface area (Å²) in [6.45, 7) is 5.16. The number of methoxy groups -OCH3 is 1. The Labute approximate surface area is 124 Å². The second kappa shape index (κ2) is 7.40. The molecule has 1 heterocycles. The Morgan fingerprint density at radius 2 is 2.38 bits per heavy atom. The van der Waals surface area contributed by atoms with Gasteiger partial charge in [0.05, 0.1) is 0 Å². The van der Waals surface area contributed by atoms with E-state index in [2.05, 4.69) is 11.8 Å². The van der Waals surface area contributed by atoms with E-state index in [-0.39, 0.29) is 0 Å². The fourth-order valence-electron chi connectivity index (χ4n) is 2.43. The summed E-state index contributed by atoms with van der Waals surface area (Å²) in [7, 11) is 1.71. The Bertz CT molecular complexity index is 493. The predicted octanol–water partition coefficient (Wildman–Crippen LogP) is 1.43. The minimum absolute atomic E-state index is 0.296. The normalized spacial score (nSPS) is 18.5. The summed E-state index contributed by atoms with van der Waals surface area (Å²) in [5, 5.41) is 8.69. The number of fused-ring (bicyclic) bond motifs is 1. The van der Waals surface area contributed by atoms with E-state index in [4.69, 9.17) is 14.7 Å². The van der Waals surface area contributed by atoms with Crippen LogP contribution in [0.1, 0.15) is 29.3 Å². The molecule has 1 amide bonds. The van der Waals surface area contributed by atoms with Crippen LogP contribution in [0, 0.1) is 0 Å². The first-order valence-corrected chi connectivity index (χ1v) is 7.09. The van der Waals surface area contributed by atoms with E-state index < -0.39 is 5.91 Å². The molecule has 0 fully saturated rings. The Hall–Kier alpha value is -1.63. The molecule has 0 aliphatic carbocycles. The second-order valence-corrected chi connectivity index (χ2v) is 5.24. The number of hydrogen-bond donors (Lipinski definition) is 2. The van der Waals surface area contributed by atoms with Gasteiger partial charge < -0.3 is 9.47 Å². The number of carbonyl (C=O) groups excluding carboxylic acids is 1. The fraction of sp³-hybridized carbons (Fsp3) is 0.533. The lowest BCUT2D eigenvalue weighted by Gasteiger charge is -2.25. The number of ether oxygens (including phenoxy) is 2. The van der Waals surface area contributed by atoms with Crippen molar-refractivity contribution in [2.75, 3.05) is 26.9 Å². The van der Waals surface area contributed by atoms with Gasteiger partial charge in [0.1, 0.15) is 12.4 Å². The number of carbonyl (C=O) groups is 1. The van der Waals surface area contributed by atoms with E-state index in [0.717, 1.165) is 31.7 Å². The highest BCUT2D eigenvalue weighted by molar-refractivity contribution is 5.93. The number of nitrogens with one attached hydrogen (secondary N) is 1. The van der Waals surface area contributed by atoms with Gasteiger partial charge in [-0.3, -0.25) is 14.9 Å². The topological polar surface area (TPSA) is 71.0 Å². The van der Waals surface area contributed by atoms with Crippen LogP contribution in [0.4, 0.5) is 0 Å². The summed E-state index contributed by atoms with van der Waals surface area (Å²) >= 11 is 0. The molecule has 1 aliphatic heterocycles. The molecule has 1 unspecified atom stereocenters. The van der Waals surface area contributed by atoms with Crippen molar-refractivity contribution in [3.63, 3.8) is 0 Å². The Morgan fingerprint density at radius 3 is 3.10 bits per heavy atom. The molecule has 1 aliphatic rings. The number of hydrogen-bond acceptors (Lipinski definition) is 5. The summed E-state index contributed by atoms with van der Waals surface area (Å²) < 4.78 is 10.9. The van der Waals surface area contributed by atoms with Crippen molar-refractivity contribution < 1.29 is 19.5 Å². The first-order valence-electron chi connectivity index (χ1n) is 7.09. The van der Waals surface area contributed by atoms with Crippen LogP contribution in [0.2, 0.25) is 0 Å². The maximum atomic E-state index is 11.4. The van der Waals surface area contributed by atoms with Crippen LogP contribution < -0.4 is 10.2 Å². The van der Waals surface area contributed by atoms with Gasteiger partial charge in [-0.25, -0.2) is 5.48 Å². The third-order valence-corrected chi connectivity index (χ3v) is 3.70. The molecular weight excluding hydrogens is 272 g/mol. The lowest BCUT2D eigenvalue weighted by Crippen LogP contribution is -2.36. The van der Waals surface area contributed by atoms with Crippen LogP contribution in [0.3, 0.4) is 0 Å². The number of rotatable bonds is 5. The maximum absolute atomic E-state index is 11.4. The zero-order valence-corrected chi connectivity index (χ0v) is 12.5. The van der Waals surface area contributed by atoms with Crippen molar-refractivity contribution in [3.05, 3.63) is 29.3 Å². The highest BCUT2D eigenvalue weighted by atomic mass is 16.5. The zero-order chi connectivity index (χ0) is 15.2. The molecule has 0 saturated carbocycles. The lowest BCUT2D eigenvalue weighted by atomic mass is 10.1. The molecule has 6 nitrogen and oxygen atoms in total. The molecule has 0 spiro atoms. The quantitative estimate of drug-likeness (QED) is 0.488. The van der Waals surface area contributed by atoms with Crippen LogP contribution >= 0.6 is 0 Å². The molecule has 6 heteroatoms. The Morgan fingerprint density at radius 1 is 1.57 bits per heavy atom. The summed E-state index contributed by atoms with van der Waals surface area (Å²) in [5.41, 5.74) is 3.07. The van der Waals surface area contributed by atoms with Crippen LogP contribution in [-0.2, 0) is 11.3 Å². The minimum Gasteiger partial charge on any atom is -0.492 e. The molecule has 2 N–H and O–H groups in total. The van der Waals surface area contributed by atoms with Crippen molar-refractivity contribution in [1.29, 1.82) is 0 Å². The van der Waals surface area contributed by atoms with Gasteiger partial charge in [0.15, 0.2) is 0 Å². The van der Waals surface area contributed by atoms with Crippen LogP contribution in [-0.4, -0.2) is 48.9 Å². The molecule has 21 heavy (non-hydrogen) atoms. The number of hydroxylamine groups is 1. The molecule has 0 saturated heterocycles. The third-order valence-electron chi connectivity index (χ3n) is 3.70. The van der Waals surface area contributed by atoms with Gasteiger partial charge in [0.25, 0.3) is 5.91 Å². The van der Waals surface area contributed by atoms with E-state index in [1.54, 1.807) is 24.7 Å². The average molecular weight is 294 g/mol. The molecule has 1 atom stereocenters. The van der Waals surface area contributed by atoms with E-state index in [1.165, 1.54) is 0 Å². The smallest absolute Gasteiger partial charge is 0.274 e. The van der Waals surface area contributed by atoms with Crippen LogP contribution in [0.25, 0.3) is 0 Å². The standard InChI is InChI=1S/C15H22N2O4/c1-11-10-21-14-8-12(15(18)16-19)4-5-13(14)9-17(11)6-3-7-20-2/h4-5,8,11,19H,3,6-7,9-10H2,1-2H3,(H,16,18). The van der Waals surface area contributed by atoms with Crippen molar-refractivity contribution >= 4 is 5.91 Å². The Kier molecular flexibility index (Phi) is 5.55. The van der Waals surface area contributed by atoms with E-state index in [9.17, 15) is 4.79 Å². The maximum Gasteiger partial charge on any atom is 0.274 e. The zero-order valence-electron chi connectivity index (χ0n) is 12.5. The fourth-order valence-corrected chi connectivity index (χ4v) is 2.43. The lowest BCUT2D eigenvalue weighted by molar-refractivity contribution is 0.0706. The van der Waals surface area contributed by atoms with E-state index in [0.29, 0.717) is 24.0 Å². The van der Waals surface area contributed by atoms with Gasteiger partial charge in [-0.15, -0.1) is 0 Å². The molecule has 0 aromatic heterocycles. The highest BCUT2D eigenvalue weighted by Gasteiger charge is 2.22. The number of benzene rings is 1. The summed E-state index contributed by atoms with van der Waals surface area (Å²) in [5.74, 6) is 0.174. The molecule has 1 aromatic rings. The van der Waals surface area contributed by atoms with Gasteiger partial charge in [0, 0.05) is 44.0 Å². The molecule has 2 rings (SSSR count). The van der Waals surface area contributed by atoms with E-state index >= 15 is 0 Å².